The fraction of sp³-hybridized carbons (Fsp3) is 0.909. The van der Waals surface area contributed by atoms with Gasteiger partial charge in [-0.15, -0.1) is 0 Å². The van der Waals surface area contributed by atoms with E-state index in [9.17, 15) is 8.42 Å². The van der Waals surface area contributed by atoms with Crippen molar-refractivity contribution in [1.29, 1.82) is 5.26 Å². The van der Waals surface area contributed by atoms with Gasteiger partial charge in [0.15, 0.2) is 9.84 Å². The maximum Gasteiger partial charge on any atom is 0.156 e. The van der Waals surface area contributed by atoms with E-state index in [2.05, 4.69) is 11.4 Å². The summed E-state index contributed by atoms with van der Waals surface area (Å²) >= 11 is 0. The maximum atomic E-state index is 12.0. The predicted molar refractivity (Wildman–Crippen MR) is 67.4 cm³/mol. The van der Waals surface area contributed by atoms with Gasteiger partial charge < -0.3 is 5.32 Å². The van der Waals surface area contributed by atoms with Gasteiger partial charge in [0.1, 0.15) is 6.04 Å². The van der Waals surface area contributed by atoms with Crippen LogP contribution < -0.4 is 5.32 Å². The number of nitrogens with one attached hydrogen (secondary N) is 1. The molecule has 1 fully saturated rings. The third kappa shape index (κ3) is 3.66. The van der Waals surface area contributed by atoms with Crippen molar-refractivity contribution in [2.75, 3.05) is 31.9 Å². The standard InChI is InChI=1S/C11H21N3O2S/c1-11(2,3)17(15,16)7-6-14-5-4-13-9-10(14)8-12/h10,13H,4-7,9H2,1-3H3. The Kier molecular flexibility index (Phi) is 4.53. The Morgan fingerprint density at radius 3 is 2.65 bits per heavy atom. The van der Waals surface area contributed by atoms with Gasteiger partial charge in [-0.2, -0.15) is 5.26 Å². The van der Waals surface area contributed by atoms with Gasteiger partial charge in [0, 0.05) is 26.2 Å². The van der Waals surface area contributed by atoms with E-state index in [1.54, 1.807) is 20.8 Å². The third-order valence-corrected chi connectivity index (χ3v) is 5.67. The summed E-state index contributed by atoms with van der Waals surface area (Å²) in [5.41, 5.74) is 0. The summed E-state index contributed by atoms with van der Waals surface area (Å²) in [7, 11) is -3.10. The van der Waals surface area contributed by atoms with E-state index in [1.807, 2.05) is 4.90 Å². The van der Waals surface area contributed by atoms with Crippen molar-refractivity contribution in [3.05, 3.63) is 0 Å². The zero-order chi connectivity index (χ0) is 13.1. The molecule has 6 heteroatoms. The zero-order valence-corrected chi connectivity index (χ0v) is 11.5. The lowest BCUT2D eigenvalue weighted by Gasteiger charge is -2.32. The first-order valence-corrected chi connectivity index (χ1v) is 7.50. The van der Waals surface area contributed by atoms with Crippen LogP contribution in [0.15, 0.2) is 0 Å². The SMILES string of the molecule is CC(C)(C)S(=O)(=O)CCN1CCNCC1C#N. The highest BCUT2D eigenvalue weighted by molar-refractivity contribution is 7.92. The highest BCUT2D eigenvalue weighted by Crippen LogP contribution is 2.16. The first-order chi connectivity index (χ1) is 7.78. The van der Waals surface area contributed by atoms with Crippen LogP contribution in [0.1, 0.15) is 20.8 Å². The molecule has 1 atom stereocenters. The molecule has 5 nitrogen and oxygen atoms in total. The van der Waals surface area contributed by atoms with E-state index in [0.717, 1.165) is 13.1 Å². The lowest BCUT2D eigenvalue weighted by molar-refractivity contribution is 0.208. The number of nitriles is 1. The third-order valence-electron chi connectivity index (χ3n) is 3.08. The molecular formula is C11H21N3O2S. The summed E-state index contributed by atoms with van der Waals surface area (Å²) < 4.78 is 23.2. The van der Waals surface area contributed by atoms with E-state index in [0.29, 0.717) is 13.1 Å². The van der Waals surface area contributed by atoms with E-state index in [4.69, 9.17) is 5.26 Å². The number of rotatable bonds is 3. The minimum Gasteiger partial charge on any atom is -0.313 e. The quantitative estimate of drug-likeness (QED) is 0.772. The molecule has 0 bridgehead atoms. The van der Waals surface area contributed by atoms with Crippen LogP contribution in [0.5, 0.6) is 0 Å². The van der Waals surface area contributed by atoms with Gasteiger partial charge in [0.05, 0.1) is 16.6 Å². The first kappa shape index (κ1) is 14.4. The molecule has 1 aliphatic heterocycles. The van der Waals surface area contributed by atoms with Crippen molar-refractivity contribution in [1.82, 2.24) is 10.2 Å². The summed E-state index contributed by atoms with van der Waals surface area (Å²) in [4.78, 5) is 1.94. The molecule has 0 saturated carbocycles. The van der Waals surface area contributed by atoms with Crippen LogP contribution in [0.2, 0.25) is 0 Å². The van der Waals surface area contributed by atoms with Crippen LogP contribution in [0.4, 0.5) is 0 Å². The molecular weight excluding hydrogens is 238 g/mol. The van der Waals surface area contributed by atoms with Crippen molar-refractivity contribution in [3.63, 3.8) is 0 Å². The molecule has 1 rings (SSSR count). The topological polar surface area (TPSA) is 73.2 Å². The Balaban J connectivity index is 2.59. The smallest absolute Gasteiger partial charge is 0.156 e. The Labute approximate surface area is 104 Å². The molecule has 1 N–H and O–H groups in total. The Bertz CT molecular complexity index is 392. The predicted octanol–water partition coefficient (Wildman–Crippen LogP) is -0.00292. The van der Waals surface area contributed by atoms with Crippen LogP contribution in [-0.2, 0) is 9.84 Å². The molecule has 1 saturated heterocycles. The lowest BCUT2D eigenvalue weighted by Crippen LogP contribution is -2.52. The summed E-state index contributed by atoms with van der Waals surface area (Å²) in [6, 6.07) is 1.99. The number of sulfone groups is 1. The molecule has 98 valence electrons. The van der Waals surface area contributed by atoms with Crippen LogP contribution >= 0.6 is 0 Å². The second-order valence-electron chi connectivity index (χ2n) is 5.32. The largest absolute Gasteiger partial charge is 0.313 e. The molecule has 1 unspecified atom stereocenters. The van der Waals surface area contributed by atoms with E-state index in [-0.39, 0.29) is 11.8 Å². The highest BCUT2D eigenvalue weighted by Gasteiger charge is 2.30. The molecule has 1 aliphatic rings. The van der Waals surface area contributed by atoms with Crippen LogP contribution in [0.3, 0.4) is 0 Å². The lowest BCUT2D eigenvalue weighted by atomic mass is 10.2. The molecule has 17 heavy (non-hydrogen) atoms. The van der Waals surface area contributed by atoms with Crippen molar-refractivity contribution in [2.24, 2.45) is 0 Å². The molecule has 0 radical (unpaired) electrons. The second kappa shape index (κ2) is 5.34. The van der Waals surface area contributed by atoms with Gasteiger partial charge in [-0.05, 0) is 20.8 Å². The average molecular weight is 259 g/mol. The van der Waals surface area contributed by atoms with E-state index < -0.39 is 14.6 Å². The fourth-order valence-corrected chi connectivity index (χ4v) is 2.77. The summed E-state index contributed by atoms with van der Waals surface area (Å²) in [6.07, 6.45) is 0. The van der Waals surface area contributed by atoms with Gasteiger partial charge in [-0.3, -0.25) is 4.90 Å². The van der Waals surface area contributed by atoms with E-state index in [1.165, 1.54) is 0 Å². The minimum absolute atomic E-state index is 0.120. The monoisotopic (exact) mass is 259 g/mol. The number of nitrogens with zero attached hydrogens (tertiary/aromatic N) is 2. The number of hydrogen-bond donors (Lipinski definition) is 1. The normalized spacial score (nSPS) is 23.3. The van der Waals surface area contributed by atoms with Crippen LogP contribution in [0, 0.1) is 11.3 Å². The summed E-state index contributed by atoms with van der Waals surface area (Å²) in [6.45, 7) is 7.74. The van der Waals surface area contributed by atoms with E-state index >= 15 is 0 Å². The van der Waals surface area contributed by atoms with Gasteiger partial charge in [0.2, 0.25) is 0 Å². The maximum absolute atomic E-state index is 12.0. The molecule has 0 aromatic rings. The molecule has 0 amide bonds. The van der Waals surface area contributed by atoms with Crippen LogP contribution in [-0.4, -0.2) is 56.0 Å². The number of piperazine rings is 1. The van der Waals surface area contributed by atoms with Crippen molar-refractivity contribution >= 4 is 9.84 Å². The summed E-state index contributed by atoms with van der Waals surface area (Å²) in [5.74, 6) is 0.120. The first-order valence-electron chi connectivity index (χ1n) is 5.84. The van der Waals surface area contributed by atoms with Crippen molar-refractivity contribution < 1.29 is 8.42 Å². The Morgan fingerprint density at radius 2 is 2.12 bits per heavy atom. The molecule has 0 aromatic carbocycles. The van der Waals surface area contributed by atoms with Crippen molar-refractivity contribution in [3.8, 4) is 6.07 Å². The Morgan fingerprint density at radius 1 is 1.47 bits per heavy atom. The molecule has 0 aliphatic carbocycles. The second-order valence-corrected chi connectivity index (χ2v) is 8.18. The van der Waals surface area contributed by atoms with Gasteiger partial charge in [-0.1, -0.05) is 0 Å². The van der Waals surface area contributed by atoms with Gasteiger partial charge >= 0.3 is 0 Å². The van der Waals surface area contributed by atoms with Gasteiger partial charge in [0.25, 0.3) is 0 Å². The molecule has 0 aromatic heterocycles. The van der Waals surface area contributed by atoms with Crippen molar-refractivity contribution in [2.45, 2.75) is 31.6 Å². The highest BCUT2D eigenvalue weighted by atomic mass is 32.2. The average Bonchev–Trinajstić information content (AvgIpc) is 2.25. The van der Waals surface area contributed by atoms with Crippen LogP contribution in [0.25, 0.3) is 0 Å². The summed E-state index contributed by atoms with van der Waals surface area (Å²) in [5, 5.41) is 12.1. The van der Waals surface area contributed by atoms with Gasteiger partial charge in [-0.25, -0.2) is 8.42 Å². The fourth-order valence-electron chi connectivity index (χ4n) is 1.68. The number of hydrogen-bond acceptors (Lipinski definition) is 5. The minimum atomic E-state index is -3.10. The molecule has 1 heterocycles. The molecule has 0 spiro atoms. The zero-order valence-electron chi connectivity index (χ0n) is 10.7. The Hall–Kier alpha value is -0.640.